The van der Waals surface area contributed by atoms with Crippen LogP contribution in [0, 0.1) is 0 Å². The Bertz CT molecular complexity index is 696. The molecule has 4 N–H and O–H groups in total. The fourth-order valence-electron chi connectivity index (χ4n) is 2.12. The monoisotopic (exact) mass is 346 g/mol. The molecule has 0 aromatic carbocycles. The highest BCUT2D eigenvalue weighted by atomic mass is 32.1. The number of carbonyl (C=O) groups excluding carboxylic acids is 2. The average Bonchev–Trinajstić information content (AvgIpc) is 3.08. The predicted octanol–water partition coefficient (Wildman–Crippen LogP) is 2.64. The maximum atomic E-state index is 12.4. The van der Waals surface area contributed by atoms with Gasteiger partial charge in [-0.05, 0) is 36.4 Å². The van der Waals surface area contributed by atoms with Crippen LogP contribution >= 0.6 is 11.3 Å². The number of thiophene rings is 1. The Morgan fingerprint density at radius 2 is 1.83 bits per heavy atom. The second-order valence-electron chi connectivity index (χ2n) is 5.61. The molecule has 2 rings (SSSR count). The molecule has 2 heterocycles. The van der Waals surface area contributed by atoms with Crippen LogP contribution in [0.25, 0.3) is 0 Å². The lowest BCUT2D eigenvalue weighted by Gasteiger charge is -2.26. The van der Waals surface area contributed by atoms with Crippen molar-refractivity contribution in [3.05, 3.63) is 46.4 Å². The molecule has 0 fully saturated rings. The molecule has 0 aliphatic rings. The molecule has 0 unspecified atom stereocenters. The Morgan fingerprint density at radius 3 is 2.46 bits per heavy atom. The van der Waals surface area contributed by atoms with Crippen molar-refractivity contribution in [2.45, 2.75) is 32.2 Å². The van der Waals surface area contributed by atoms with Crippen molar-refractivity contribution < 1.29 is 9.59 Å². The lowest BCUT2D eigenvalue weighted by Crippen LogP contribution is -2.49. The van der Waals surface area contributed by atoms with Gasteiger partial charge in [-0.3, -0.25) is 14.6 Å². The quantitative estimate of drug-likeness (QED) is 0.718. The van der Waals surface area contributed by atoms with E-state index in [1.807, 2.05) is 13.8 Å². The maximum absolute atomic E-state index is 12.4. The molecule has 0 bridgehead atoms. The molecule has 0 spiro atoms. The van der Waals surface area contributed by atoms with E-state index in [0.717, 1.165) is 12.8 Å². The summed E-state index contributed by atoms with van der Waals surface area (Å²) in [5, 5.41) is 7.40. The van der Waals surface area contributed by atoms with Crippen molar-refractivity contribution in [1.82, 2.24) is 10.3 Å². The average molecular weight is 346 g/mol. The van der Waals surface area contributed by atoms with E-state index in [1.165, 1.54) is 11.3 Å². The molecule has 128 valence electrons. The van der Waals surface area contributed by atoms with Gasteiger partial charge < -0.3 is 16.4 Å². The zero-order valence-electron chi connectivity index (χ0n) is 13.8. The van der Waals surface area contributed by atoms with E-state index in [2.05, 4.69) is 15.6 Å². The Balaban J connectivity index is 2.04. The van der Waals surface area contributed by atoms with Crippen LogP contribution in [0.3, 0.4) is 0 Å². The lowest BCUT2D eigenvalue weighted by atomic mass is 9.94. The van der Waals surface area contributed by atoms with E-state index in [9.17, 15) is 9.59 Å². The van der Waals surface area contributed by atoms with E-state index in [-0.39, 0.29) is 11.8 Å². The number of carbonyl (C=O) groups is 2. The van der Waals surface area contributed by atoms with E-state index >= 15 is 0 Å². The fourth-order valence-corrected chi connectivity index (χ4v) is 2.88. The van der Waals surface area contributed by atoms with Crippen LogP contribution < -0.4 is 16.4 Å². The van der Waals surface area contributed by atoms with Crippen molar-refractivity contribution in [3.8, 4) is 0 Å². The van der Waals surface area contributed by atoms with Crippen LogP contribution in [-0.4, -0.2) is 28.9 Å². The van der Waals surface area contributed by atoms with Crippen molar-refractivity contribution in [2.24, 2.45) is 5.73 Å². The first-order valence-electron chi connectivity index (χ1n) is 7.85. The fraction of sp³-hybridized carbons (Fsp3) is 0.353. The normalized spacial score (nSPS) is 11.1. The number of anilines is 1. The molecule has 0 aliphatic heterocycles. The Kier molecular flexibility index (Phi) is 6.05. The molecule has 24 heavy (non-hydrogen) atoms. The van der Waals surface area contributed by atoms with Crippen LogP contribution in [-0.2, 0) is 0 Å². The van der Waals surface area contributed by atoms with Gasteiger partial charge in [-0.15, -0.1) is 11.3 Å². The second-order valence-corrected chi connectivity index (χ2v) is 6.52. The summed E-state index contributed by atoms with van der Waals surface area (Å²) in [5.74, 6) is -0.508. The second kappa shape index (κ2) is 8.03. The van der Waals surface area contributed by atoms with Gasteiger partial charge in [-0.25, -0.2) is 0 Å². The topological polar surface area (TPSA) is 97.1 Å². The van der Waals surface area contributed by atoms with Crippen molar-refractivity contribution in [1.29, 1.82) is 0 Å². The maximum Gasteiger partial charge on any atom is 0.263 e. The first-order chi connectivity index (χ1) is 11.5. The summed E-state index contributed by atoms with van der Waals surface area (Å²) in [4.78, 5) is 29.0. The summed E-state index contributed by atoms with van der Waals surface area (Å²) >= 11 is 1.28. The molecule has 2 aromatic rings. The molecular weight excluding hydrogens is 324 g/mol. The minimum Gasteiger partial charge on any atom is -0.349 e. The number of nitrogens with two attached hydrogens (primary N) is 1. The third-order valence-electron chi connectivity index (χ3n) is 4.07. The smallest absolute Gasteiger partial charge is 0.263 e. The van der Waals surface area contributed by atoms with Crippen molar-refractivity contribution >= 4 is 28.8 Å². The van der Waals surface area contributed by atoms with Gasteiger partial charge in [-0.1, -0.05) is 13.8 Å². The molecule has 0 aliphatic carbocycles. The lowest BCUT2D eigenvalue weighted by molar-refractivity contribution is 0.0947. The summed E-state index contributed by atoms with van der Waals surface area (Å²) in [6.07, 6.45) is 4.65. The van der Waals surface area contributed by atoms with E-state index in [1.54, 1.807) is 36.0 Å². The Morgan fingerprint density at radius 1 is 1.17 bits per heavy atom. The SMILES string of the molecule is CCC(N)(CC)CNC(=O)c1sccc1NC(=O)c1ccncc1. The first kappa shape index (κ1) is 18.1. The molecule has 7 heteroatoms. The molecule has 2 aromatic heterocycles. The highest BCUT2D eigenvalue weighted by molar-refractivity contribution is 7.12. The van der Waals surface area contributed by atoms with Crippen LogP contribution in [0.5, 0.6) is 0 Å². The number of rotatable bonds is 7. The predicted molar refractivity (Wildman–Crippen MR) is 96.3 cm³/mol. The Hall–Kier alpha value is -2.25. The van der Waals surface area contributed by atoms with Gasteiger partial charge in [0.2, 0.25) is 0 Å². The van der Waals surface area contributed by atoms with Gasteiger partial charge in [0.15, 0.2) is 0 Å². The summed E-state index contributed by atoms with van der Waals surface area (Å²) in [7, 11) is 0. The molecule has 0 radical (unpaired) electrons. The summed E-state index contributed by atoms with van der Waals surface area (Å²) in [6, 6.07) is 4.95. The van der Waals surface area contributed by atoms with Gasteiger partial charge in [0.05, 0.1) is 5.69 Å². The Labute approximate surface area is 145 Å². The molecule has 0 atom stereocenters. The third kappa shape index (κ3) is 4.39. The van der Waals surface area contributed by atoms with Gasteiger partial charge in [-0.2, -0.15) is 0 Å². The first-order valence-corrected chi connectivity index (χ1v) is 8.73. The highest BCUT2D eigenvalue weighted by Gasteiger charge is 2.23. The van der Waals surface area contributed by atoms with E-state index in [4.69, 9.17) is 5.73 Å². The highest BCUT2D eigenvalue weighted by Crippen LogP contribution is 2.23. The minimum atomic E-state index is -0.409. The van der Waals surface area contributed by atoms with Crippen LogP contribution in [0.1, 0.15) is 46.7 Å². The van der Waals surface area contributed by atoms with Gasteiger partial charge in [0, 0.05) is 30.0 Å². The number of amides is 2. The zero-order valence-corrected chi connectivity index (χ0v) is 14.7. The minimum absolute atomic E-state index is 0.230. The molecule has 0 saturated carbocycles. The van der Waals surface area contributed by atoms with Gasteiger partial charge >= 0.3 is 0 Å². The van der Waals surface area contributed by atoms with E-state index < -0.39 is 5.54 Å². The zero-order chi connectivity index (χ0) is 17.6. The number of aromatic nitrogens is 1. The van der Waals surface area contributed by atoms with Gasteiger partial charge in [0.25, 0.3) is 11.8 Å². The number of pyridine rings is 1. The summed E-state index contributed by atoms with van der Waals surface area (Å²) in [5.41, 5.74) is 6.78. The number of hydrogen-bond donors (Lipinski definition) is 3. The molecule has 6 nitrogen and oxygen atoms in total. The number of hydrogen-bond acceptors (Lipinski definition) is 5. The van der Waals surface area contributed by atoms with Gasteiger partial charge in [0.1, 0.15) is 4.88 Å². The summed E-state index contributed by atoms with van der Waals surface area (Å²) in [6.45, 7) is 4.40. The van der Waals surface area contributed by atoms with E-state index in [0.29, 0.717) is 22.7 Å². The van der Waals surface area contributed by atoms with Crippen molar-refractivity contribution in [2.75, 3.05) is 11.9 Å². The van der Waals surface area contributed by atoms with Crippen molar-refractivity contribution in [3.63, 3.8) is 0 Å². The molecule has 0 saturated heterocycles. The largest absolute Gasteiger partial charge is 0.349 e. The number of nitrogens with one attached hydrogen (secondary N) is 2. The van der Waals surface area contributed by atoms with Crippen LogP contribution in [0.4, 0.5) is 5.69 Å². The standard InChI is InChI=1S/C17H22N4O2S/c1-3-17(18,4-2)11-20-16(23)14-13(7-10-24-14)21-15(22)12-5-8-19-9-6-12/h5-10H,3-4,11,18H2,1-2H3,(H,20,23)(H,21,22). The third-order valence-corrected chi connectivity index (χ3v) is 4.98. The van der Waals surface area contributed by atoms with Crippen LogP contribution in [0.2, 0.25) is 0 Å². The number of nitrogens with zero attached hydrogens (tertiary/aromatic N) is 1. The molecule has 2 amide bonds. The van der Waals surface area contributed by atoms with Crippen LogP contribution in [0.15, 0.2) is 36.0 Å². The summed E-state index contributed by atoms with van der Waals surface area (Å²) < 4.78 is 0. The molecular formula is C17H22N4O2S.